The Labute approximate surface area is 138 Å². The molecule has 124 valence electrons. The van der Waals surface area contributed by atoms with E-state index in [9.17, 15) is 19.7 Å². The Hall–Kier alpha value is -3.22. The first-order valence-electron chi connectivity index (χ1n) is 7.14. The molecule has 1 amide bonds. The first-order chi connectivity index (χ1) is 11.3. The number of hydrogen-bond donors (Lipinski definition) is 1. The van der Waals surface area contributed by atoms with Crippen molar-refractivity contribution < 1.29 is 19.2 Å². The van der Waals surface area contributed by atoms with Gasteiger partial charge in [0, 0.05) is 24.6 Å². The predicted octanol–water partition coefficient (Wildman–Crippen LogP) is 3.39. The molecular formula is C17H16N2O5. The fourth-order valence-corrected chi connectivity index (χ4v) is 2.21. The average Bonchev–Trinajstić information content (AvgIpc) is 2.54. The monoisotopic (exact) mass is 328 g/mol. The Balaban J connectivity index is 2.31. The molecule has 0 atom stereocenters. The van der Waals surface area contributed by atoms with Crippen LogP contribution in [0.1, 0.15) is 28.4 Å². The third-order valence-corrected chi connectivity index (χ3v) is 3.42. The predicted molar refractivity (Wildman–Crippen MR) is 88.3 cm³/mol. The molecular weight excluding hydrogens is 312 g/mol. The molecule has 0 fully saturated rings. The summed E-state index contributed by atoms with van der Waals surface area (Å²) in [6.07, 6.45) is 0. The summed E-state index contributed by atoms with van der Waals surface area (Å²) in [5.41, 5.74) is 1.89. The van der Waals surface area contributed by atoms with Crippen LogP contribution in [0.5, 0.6) is 5.75 Å². The van der Waals surface area contributed by atoms with E-state index >= 15 is 0 Å². The van der Waals surface area contributed by atoms with Gasteiger partial charge in [-0.1, -0.05) is 12.1 Å². The molecule has 2 rings (SSSR count). The van der Waals surface area contributed by atoms with Gasteiger partial charge in [0.2, 0.25) is 5.91 Å². The number of amides is 1. The van der Waals surface area contributed by atoms with E-state index in [0.29, 0.717) is 11.3 Å². The van der Waals surface area contributed by atoms with Crippen molar-refractivity contribution in [3.8, 4) is 5.75 Å². The second-order valence-electron chi connectivity index (χ2n) is 5.26. The highest BCUT2D eigenvalue weighted by molar-refractivity contribution is 5.93. The number of hydrogen-bond acceptors (Lipinski definition) is 5. The maximum atomic E-state index is 12.2. The van der Waals surface area contributed by atoms with Gasteiger partial charge in [-0.05, 0) is 31.5 Å². The number of aryl methyl sites for hydroxylation is 1. The van der Waals surface area contributed by atoms with Crippen LogP contribution in [-0.4, -0.2) is 16.8 Å². The summed E-state index contributed by atoms with van der Waals surface area (Å²) >= 11 is 0. The first-order valence-corrected chi connectivity index (χ1v) is 7.14. The molecule has 0 bridgehead atoms. The van der Waals surface area contributed by atoms with Gasteiger partial charge in [0.05, 0.1) is 16.2 Å². The van der Waals surface area contributed by atoms with Gasteiger partial charge in [0.15, 0.2) is 0 Å². The summed E-state index contributed by atoms with van der Waals surface area (Å²) in [6.45, 7) is 4.93. The number of benzene rings is 2. The van der Waals surface area contributed by atoms with E-state index in [-0.39, 0.29) is 22.9 Å². The molecule has 0 heterocycles. The molecule has 24 heavy (non-hydrogen) atoms. The smallest absolute Gasteiger partial charge is 0.343 e. The molecule has 0 unspecified atom stereocenters. The zero-order chi connectivity index (χ0) is 17.9. The maximum Gasteiger partial charge on any atom is 0.343 e. The second kappa shape index (κ2) is 6.91. The highest BCUT2D eigenvalue weighted by atomic mass is 16.6. The summed E-state index contributed by atoms with van der Waals surface area (Å²) < 4.78 is 5.33. The van der Waals surface area contributed by atoms with E-state index in [0.717, 1.165) is 11.6 Å². The quantitative estimate of drug-likeness (QED) is 0.401. The summed E-state index contributed by atoms with van der Waals surface area (Å²) in [5, 5.41) is 13.5. The van der Waals surface area contributed by atoms with Gasteiger partial charge >= 0.3 is 5.97 Å². The average molecular weight is 328 g/mol. The Morgan fingerprint density at radius 1 is 1.17 bits per heavy atom. The van der Waals surface area contributed by atoms with E-state index in [1.165, 1.54) is 25.1 Å². The van der Waals surface area contributed by atoms with Crippen molar-refractivity contribution in [2.75, 3.05) is 5.32 Å². The summed E-state index contributed by atoms with van der Waals surface area (Å²) in [5.74, 6) is -0.663. The number of esters is 1. The highest BCUT2D eigenvalue weighted by Gasteiger charge is 2.16. The first kappa shape index (κ1) is 17.1. The van der Waals surface area contributed by atoms with E-state index < -0.39 is 10.9 Å². The molecule has 0 saturated carbocycles. The van der Waals surface area contributed by atoms with Gasteiger partial charge < -0.3 is 10.1 Å². The van der Waals surface area contributed by atoms with E-state index in [2.05, 4.69) is 5.32 Å². The van der Waals surface area contributed by atoms with Gasteiger partial charge in [-0.25, -0.2) is 4.79 Å². The molecule has 0 radical (unpaired) electrons. The molecule has 0 aliphatic heterocycles. The number of non-ortho nitro benzene ring substituents is 1. The summed E-state index contributed by atoms with van der Waals surface area (Å²) in [7, 11) is 0. The van der Waals surface area contributed by atoms with Gasteiger partial charge in [-0.3, -0.25) is 14.9 Å². The number of anilines is 1. The molecule has 1 N–H and O–H groups in total. The van der Waals surface area contributed by atoms with Gasteiger partial charge in [-0.15, -0.1) is 0 Å². The van der Waals surface area contributed by atoms with Crippen molar-refractivity contribution in [1.29, 1.82) is 0 Å². The van der Waals surface area contributed by atoms with Crippen molar-refractivity contribution in [2.45, 2.75) is 20.8 Å². The number of ether oxygens (including phenoxy) is 1. The number of nitrogens with zero attached hydrogens (tertiary/aromatic N) is 1. The van der Waals surface area contributed by atoms with Crippen LogP contribution in [0.2, 0.25) is 0 Å². The fraction of sp³-hybridized carbons (Fsp3) is 0.176. The molecule has 0 aliphatic rings. The summed E-state index contributed by atoms with van der Waals surface area (Å²) in [4.78, 5) is 33.7. The molecule has 7 heteroatoms. The van der Waals surface area contributed by atoms with Crippen LogP contribution < -0.4 is 10.1 Å². The Bertz CT molecular complexity index is 830. The lowest BCUT2D eigenvalue weighted by Crippen LogP contribution is -2.12. The lowest BCUT2D eigenvalue weighted by molar-refractivity contribution is -0.384. The molecule has 2 aromatic carbocycles. The molecule has 0 aromatic heterocycles. The maximum absolute atomic E-state index is 12.2. The van der Waals surface area contributed by atoms with Crippen LogP contribution in [0.4, 0.5) is 11.4 Å². The van der Waals surface area contributed by atoms with Gasteiger partial charge in [0.1, 0.15) is 5.75 Å². The summed E-state index contributed by atoms with van der Waals surface area (Å²) in [6, 6.07) is 8.63. The minimum absolute atomic E-state index is 0.0743. The van der Waals surface area contributed by atoms with Crippen molar-refractivity contribution in [1.82, 2.24) is 0 Å². The minimum atomic E-state index is -0.709. The highest BCUT2D eigenvalue weighted by Crippen LogP contribution is 2.30. The van der Waals surface area contributed by atoms with Crippen molar-refractivity contribution in [2.24, 2.45) is 0 Å². The number of carbonyl (C=O) groups excluding carboxylic acids is 2. The molecule has 2 aromatic rings. The lowest BCUT2D eigenvalue weighted by Gasteiger charge is -2.14. The second-order valence-corrected chi connectivity index (χ2v) is 5.26. The number of nitro benzene ring substituents is 1. The van der Waals surface area contributed by atoms with Crippen LogP contribution >= 0.6 is 0 Å². The van der Waals surface area contributed by atoms with E-state index in [1.807, 2.05) is 6.92 Å². The number of carbonyl (C=O) groups is 2. The number of nitrogens with one attached hydrogen (secondary N) is 1. The largest absolute Gasteiger partial charge is 0.423 e. The molecule has 0 saturated heterocycles. The zero-order valence-electron chi connectivity index (χ0n) is 13.5. The van der Waals surface area contributed by atoms with Crippen molar-refractivity contribution in [3.63, 3.8) is 0 Å². The van der Waals surface area contributed by atoms with Crippen LogP contribution in [0, 0.1) is 24.0 Å². The van der Waals surface area contributed by atoms with Gasteiger partial charge in [0.25, 0.3) is 5.69 Å². The van der Waals surface area contributed by atoms with Crippen LogP contribution in [0.15, 0.2) is 36.4 Å². The van der Waals surface area contributed by atoms with E-state index in [4.69, 9.17) is 4.74 Å². The van der Waals surface area contributed by atoms with Crippen molar-refractivity contribution >= 4 is 23.3 Å². The minimum Gasteiger partial charge on any atom is -0.423 e. The third-order valence-electron chi connectivity index (χ3n) is 3.42. The van der Waals surface area contributed by atoms with Crippen LogP contribution in [-0.2, 0) is 4.79 Å². The number of rotatable bonds is 4. The third kappa shape index (κ3) is 3.75. The SMILES string of the molecule is CC(=O)Nc1c(C)ccc(OC(=O)c2cccc([N+](=O)[O-])c2)c1C. The normalized spacial score (nSPS) is 10.1. The molecule has 7 nitrogen and oxygen atoms in total. The Morgan fingerprint density at radius 3 is 2.50 bits per heavy atom. The van der Waals surface area contributed by atoms with Gasteiger partial charge in [-0.2, -0.15) is 0 Å². The Kier molecular flexibility index (Phi) is 4.93. The molecule has 0 spiro atoms. The lowest BCUT2D eigenvalue weighted by atomic mass is 10.1. The van der Waals surface area contributed by atoms with Crippen LogP contribution in [0.3, 0.4) is 0 Å². The van der Waals surface area contributed by atoms with E-state index in [1.54, 1.807) is 19.1 Å². The number of nitro groups is 1. The van der Waals surface area contributed by atoms with Crippen molar-refractivity contribution in [3.05, 3.63) is 63.2 Å². The fourth-order valence-electron chi connectivity index (χ4n) is 2.21. The molecule has 0 aliphatic carbocycles. The Morgan fingerprint density at radius 2 is 1.88 bits per heavy atom. The topological polar surface area (TPSA) is 98.5 Å². The zero-order valence-corrected chi connectivity index (χ0v) is 13.5. The standard InChI is InChI=1S/C17H16N2O5/c1-10-7-8-15(11(2)16(10)18-12(3)20)24-17(21)13-5-4-6-14(9-13)19(22)23/h4-9H,1-3H3,(H,18,20). The van der Waals surface area contributed by atoms with Crippen LogP contribution in [0.25, 0.3) is 0 Å².